The average Bonchev–Trinajstić information content (AvgIpc) is 2.90. The summed E-state index contributed by atoms with van der Waals surface area (Å²) in [6.07, 6.45) is 6.80. The van der Waals surface area contributed by atoms with Crippen LogP contribution in [0.5, 0.6) is 5.75 Å². The molecule has 0 aliphatic carbocycles. The summed E-state index contributed by atoms with van der Waals surface area (Å²) in [4.78, 5) is 12.0. The summed E-state index contributed by atoms with van der Waals surface area (Å²) in [5.41, 5.74) is 2.98. The normalized spacial score (nSPS) is 12.4. The number of aromatic nitrogens is 2. The average molecular weight is 299 g/mol. The molecule has 1 heterocycles. The van der Waals surface area contributed by atoms with Crippen molar-refractivity contribution in [1.29, 1.82) is 0 Å². The Labute approximate surface area is 130 Å². The molecule has 1 amide bonds. The number of carbonyl (C=O) groups is 1. The lowest BCUT2D eigenvalue weighted by Gasteiger charge is -2.17. The third-order valence-corrected chi connectivity index (χ3v) is 3.36. The first-order valence-electron chi connectivity index (χ1n) is 7.11. The quantitative estimate of drug-likeness (QED) is 0.864. The van der Waals surface area contributed by atoms with Crippen LogP contribution in [0, 0.1) is 6.92 Å². The molecule has 1 aromatic carbocycles. The summed E-state index contributed by atoms with van der Waals surface area (Å²) in [5.74, 6) is 0.620. The number of hydrogen-bond donors (Lipinski definition) is 1. The van der Waals surface area contributed by atoms with E-state index in [-0.39, 0.29) is 11.9 Å². The maximum atomic E-state index is 12.0. The van der Waals surface area contributed by atoms with Gasteiger partial charge in [-0.2, -0.15) is 5.10 Å². The van der Waals surface area contributed by atoms with Crippen LogP contribution >= 0.6 is 0 Å². The predicted octanol–water partition coefficient (Wildman–Crippen LogP) is 2.63. The van der Waals surface area contributed by atoms with E-state index < -0.39 is 0 Å². The molecule has 0 bridgehead atoms. The summed E-state index contributed by atoms with van der Waals surface area (Å²) in [5, 5.41) is 6.99. The second-order valence-corrected chi connectivity index (χ2v) is 5.26. The van der Waals surface area contributed by atoms with Crippen molar-refractivity contribution in [2.75, 3.05) is 7.11 Å². The lowest BCUT2D eigenvalue weighted by atomic mass is 10.0. The van der Waals surface area contributed by atoms with E-state index >= 15 is 0 Å². The monoisotopic (exact) mass is 299 g/mol. The molecule has 0 aliphatic rings. The van der Waals surface area contributed by atoms with Gasteiger partial charge in [0.15, 0.2) is 0 Å². The minimum absolute atomic E-state index is 0.138. The van der Waals surface area contributed by atoms with Gasteiger partial charge in [-0.15, -0.1) is 0 Å². The first kappa shape index (κ1) is 15.8. The molecule has 2 aromatic rings. The summed E-state index contributed by atoms with van der Waals surface area (Å²) < 4.78 is 7.05. The summed E-state index contributed by atoms with van der Waals surface area (Å²) in [7, 11) is 3.47. The number of rotatable bonds is 5. The smallest absolute Gasteiger partial charge is 0.244 e. The number of amides is 1. The van der Waals surface area contributed by atoms with Gasteiger partial charge in [0.25, 0.3) is 0 Å². The fourth-order valence-electron chi connectivity index (χ4n) is 2.23. The minimum atomic E-state index is -0.153. The van der Waals surface area contributed by atoms with Crippen molar-refractivity contribution in [2.45, 2.75) is 19.9 Å². The topological polar surface area (TPSA) is 56.1 Å². The molecule has 1 atom stereocenters. The molecule has 1 N–H and O–H groups in total. The number of hydrogen-bond acceptors (Lipinski definition) is 3. The zero-order valence-corrected chi connectivity index (χ0v) is 13.3. The summed E-state index contributed by atoms with van der Waals surface area (Å²) in [6.45, 7) is 3.95. The van der Waals surface area contributed by atoms with Crippen LogP contribution in [0.15, 0.2) is 36.7 Å². The third kappa shape index (κ3) is 3.97. The maximum Gasteiger partial charge on any atom is 0.244 e. The molecule has 2 rings (SSSR count). The molecule has 0 fully saturated rings. The second-order valence-electron chi connectivity index (χ2n) is 5.26. The van der Waals surface area contributed by atoms with Crippen LogP contribution in [0.25, 0.3) is 6.08 Å². The van der Waals surface area contributed by atoms with Gasteiger partial charge >= 0.3 is 0 Å². The zero-order valence-electron chi connectivity index (χ0n) is 13.3. The Balaban J connectivity index is 2.05. The van der Waals surface area contributed by atoms with Crippen LogP contribution in [-0.4, -0.2) is 22.8 Å². The van der Waals surface area contributed by atoms with E-state index in [2.05, 4.69) is 10.4 Å². The summed E-state index contributed by atoms with van der Waals surface area (Å²) >= 11 is 0. The van der Waals surface area contributed by atoms with Crippen molar-refractivity contribution in [3.8, 4) is 5.75 Å². The van der Waals surface area contributed by atoms with Gasteiger partial charge < -0.3 is 10.1 Å². The lowest BCUT2D eigenvalue weighted by Crippen LogP contribution is -2.25. The molecule has 0 radical (unpaired) electrons. The van der Waals surface area contributed by atoms with Crippen molar-refractivity contribution in [3.05, 3.63) is 53.4 Å². The van der Waals surface area contributed by atoms with E-state index in [0.29, 0.717) is 0 Å². The van der Waals surface area contributed by atoms with Crippen molar-refractivity contribution < 1.29 is 9.53 Å². The standard InChI is InChI=1S/C17H21N3O2/c1-12-5-7-16(22-4)15(9-12)13(2)19-17(21)8-6-14-10-18-20(3)11-14/h5-11,13H,1-4H3,(H,19,21)/b8-6-/t13-/m0/s1. The number of carbonyl (C=O) groups excluding carboxylic acids is 1. The van der Waals surface area contributed by atoms with Crippen molar-refractivity contribution in [2.24, 2.45) is 7.05 Å². The molecule has 0 saturated heterocycles. The van der Waals surface area contributed by atoms with Gasteiger partial charge in [0, 0.05) is 30.4 Å². The van der Waals surface area contributed by atoms with Crippen molar-refractivity contribution in [1.82, 2.24) is 15.1 Å². The number of aryl methyl sites for hydroxylation is 2. The molecule has 1 aromatic heterocycles. The number of benzene rings is 1. The van der Waals surface area contributed by atoms with Gasteiger partial charge in [0.05, 0.1) is 19.3 Å². The SMILES string of the molecule is COc1ccc(C)cc1[C@H](C)NC(=O)/C=C\c1cnn(C)c1. The predicted molar refractivity (Wildman–Crippen MR) is 86.5 cm³/mol. The van der Waals surface area contributed by atoms with Gasteiger partial charge in [-0.3, -0.25) is 9.48 Å². The number of ether oxygens (including phenoxy) is 1. The third-order valence-electron chi connectivity index (χ3n) is 3.36. The molecule has 0 unspecified atom stereocenters. The van der Waals surface area contributed by atoms with Crippen LogP contribution < -0.4 is 10.1 Å². The van der Waals surface area contributed by atoms with Crippen LogP contribution in [-0.2, 0) is 11.8 Å². The van der Waals surface area contributed by atoms with E-state index in [1.807, 2.05) is 45.3 Å². The van der Waals surface area contributed by atoms with E-state index in [1.165, 1.54) is 6.08 Å². The molecule has 0 spiro atoms. The first-order chi connectivity index (χ1) is 10.5. The van der Waals surface area contributed by atoms with Crippen LogP contribution in [0.3, 0.4) is 0 Å². The molecular formula is C17H21N3O2. The van der Waals surface area contributed by atoms with Crippen LogP contribution in [0.2, 0.25) is 0 Å². The molecule has 116 valence electrons. The molecule has 22 heavy (non-hydrogen) atoms. The minimum Gasteiger partial charge on any atom is -0.496 e. The zero-order chi connectivity index (χ0) is 16.1. The lowest BCUT2D eigenvalue weighted by molar-refractivity contribution is -0.117. The maximum absolute atomic E-state index is 12.0. The number of nitrogens with zero attached hydrogens (tertiary/aromatic N) is 2. The highest BCUT2D eigenvalue weighted by Gasteiger charge is 2.13. The van der Waals surface area contributed by atoms with E-state index in [0.717, 1.165) is 22.4 Å². The first-order valence-corrected chi connectivity index (χ1v) is 7.11. The Morgan fingerprint density at radius 3 is 2.86 bits per heavy atom. The Bertz CT molecular complexity index is 689. The highest BCUT2D eigenvalue weighted by atomic mass is 16.5. The molecule has 5 nitrogen and oxygen atoms in total. The van der Waals surface area contributed by atoms with Crippen molar-refractivity contribution >= 4 is 12.0 Å². The number of nitrogens with one attached hydrogen (secondary N) is 1. The Kier molecular flexibility index (Phi) is 4.99. The van der Waals surface area contributed by atoms with E-state index in [9.17, 15) is 4.79 Å². The van der Waals surface area contributed by atoms with Crippen LogP contribution in [0.1, 0.15) is 29.7 Å². The van der Waals surface area contributed by atoms with Gasteiger partial charge in [0.2, 0.25) is 5.91 Å². The molecule has 0 aliphatic heterocycles. The Morgan fingerprint density at radius 1 is 1.45 bits per heavy atom. The van der Waals surface area contributed by atoms with Crippen LogP contribution in [0.4, 0.5) is 0 Å². The Morgan fingerprint density at radius 2 is 2.23 bits per heavy atom. The molecule has 0 saturated carbocycles. The number of methoxy groups -OCH3 is 1. The van der Waals surface area contributed by atoms with Gasteiger partial charge in [-0.25, -0.2) is 0 Å². The van der Waals surface area contributed by atoms with E-state index in [1.54, 1.807) is 24.1 Å². The van der Waals surface area contributed by atoms with Gasteiger partial charge in [-0.1, -0.05) is 17.7 Å². The highest BCUT2D eigenvalue weighted by Crippen LogP contribution is 2.25. The van der Waals surface area contributed by atoms with Gasteiger partial charge in [-0.05, 0) is 26.0 Å². The van der Waals surface area contributed by atoms with E-state index in [4.69, 9.17) is 4.74 Å². The fourth-order valence-corrected chi connectivity index (χ4v) is 2.23. The second kappa shape index (κ2) is 6.93. The molecule has 5 heteroatoms. The fraction of sp³-hybridized carbons (Fsp3) is 0.294. The van der Waals surface area contributed by atoms with Gasteiger partial charge in [0.1, 0.15) is 5.75 Å². The highest BCUT2D eigenvalue weighted by molar-refractivity contribution is 5.91. The summed E-state index contributed by atoms with van der Waals surface area (Å²) in [6, 6.07) is 5.79. The largest absolute Gasteiger partial charge is 0.496 e. The van der Waals surface area contributed by atoms with Crippen molar-refractivity contribution in [3.63, 3.8) is 0 Å². The Hall–Kier alpha value is -2.56. The molecular weight excluding hydrogens is 278 g/mol.